The van der Waals surface area contributed by atoms with Crippen molar-refractivity contribution in [3.05, 3.63) is 84.4 Å². The van der Waals surface area contributed by atoms with Crippen molar-refractivity contribution in [3.63, 3.8) is 0 Å². The van der Waals surface area contributed by atoms with Gasteiger partial charge in [-0.2, -0.15) is 0 Å². The van der Waals surface area contributed by atoms with E-state index in [2.05, 4.69) is 22.3 Å². The Hall–Kier alpha value is -3.52. The molecule has 0 aliphatic carbocycles. The van der Waals surface area contributed by atoms with Gasteiger partial charge in [-0.1, -0.05) is 42.5 Å². The maximum Gasteiger partial charge on any atom is 0.264 e. The minimum atomic E-state index is -4.00. The Morgan fingerprint density at radius 3 is 2.26 bits per heavy atom. The highest BCUT2D eigenvalue weighted by Gasteiger charge is 2.29. The first-order valence-electron chi connectivity index (χ1n) is 11.8. The molecule has 0 atom stereocenters. The lowest BCUT2D eigenvalue weighted by molar-refractivity contribution is -0.119. The minimum absolute atomic E-state index is 0.104. The van der Waals surface area contributed by atoms with Gasteiger partial charge in [0.05, 0.1) is 17.7 Å². The van der Waals surface area contributed by atoms with Crippen LogP contribution in [0.5, 0.6) is 5.75 Å². The number of nitrogens with one attached hydrogen (secondary N) is 1. The topological polar surface area (TPSA) is 79.0 Å². The molecule has 0 radical (unpaired) electrons. The zero-order valence-corrected chi connectivity index (χ0v) is 20.7. The molecule has 1 fully saturated rings. The van der Waals surface area contributed by atoms with Gasteiger partial charge < -0.3 is 15.0 Å². The van der Waals surface area contributed by atoms with Crippen LogP contribution in [0, 0.1) is 0 Å². The predicted octanol–water partition coefficient (Wildman–Crippen LogP) is 4.20. The fourth-order valence-corrected chi connectivity index (χ4v) is 5.67. The number of rotatable bonds is 9. The van der Waals surface area contributed by atoms with Gasteiger partial charge in [-0.15, -0.1) is 0 Å². The average molecular weight is 494 g/mol. The highest BCUT2D eigenvalue weighted by molar-refractivity contribution is 7.92. The van der Waals surface area contributed by atoms with Crippen LogP contribution in [-0.4, -0.2) is 41.1 Å². The van der Waals surface area contributed by atoms with E-state index in [1.54, 1.807) is 42.5 Å². The Morgan fingerprint density at radius 1 is 0.914 bits per heavy atom. The van der Waals surface area contributed by atoms with Gasteiger partial charge in [0.2, 0.25) is 5.91 Å². The Kier molecular flexibility index (Phi) is 7.92. The Morgan fingerprint density at radius 2 is 1.57 bits per heavy atom. The molecule has 35 heavy (non-hydrogen) atoms. The summed E-state index contributed by atoms with van der Waals surface area (Å²) in [6, 6.07) is 23.0. The van der Waals surface area contributed by atoms with Gasteiger partial charge in [0.15, 0.2) is 0 Å². The van der Waals surface area contributed by atoms with E-state index >= 15 is 0 Å². The number of benzene rings is 3. The van der Waals surface area contributed by atoms with Crippen LogP contribution in [-0.2, 0) is 21.4 Å². The maximum absolute atomic E-state index is 13.5. The van der Waals surface area contributed by atoms with Crippen LogP contribution in [0.25, 0.3) is 0 Å². The Labute approximate surface area is 207 Å². The fourth-order valence-electron chi connectivity index (χ4n) is 4.22. The molecular formula is C27H31N3O4S. The van der Waals surface area contributed by atoms with Crippen molar-refractivity contribution in [2.45, 2.75) is 30.7 Å². The van der Waals surface area contributed by atoms with Crippen molar-refractivity contribution in [1.82, 2.24) is 5.32 Å². The fraction of sp³-hybridized carbons (Fsp3) is 0.296. The van der Waals surface area contributed by atoms with Crippen molar-refractivity contribution < 1.29 is 17.9 Å². The van der Waals surface area contributed by atoms with Crippen LogP contribution in [0.3, 0.4) is 0 Å². The van der Waals surface area contributed by atoms with Crippen LogP contribution in [0.15, 0.2) is 83.8 Å². The largest absolute Gasteiger partial charge is 0.495 e. The zero-order chi connectivity index (χ0) is 24.7. The molecule has 3 aromatic rings. The van der Waals surface area contributed by atoms with Crippen molar-refractivity contribution in [1.29, 1.82) is 0 Å². The van der Waals surface area contributed by atoms with Gasteiger partial charge in [0.1, 0.15) is 12.3 Å². The molecule has 8 heteroatoms. The summed E-state index contributed by atoms with van der Waals surface area (Å²) in [5.41, 5.74) is 2.45. The van der Waals surface area contributed by atoms with E-state index in [0.29, 0.717) is 18.0 Å². The number of carbonyl (C=O) groups excluding carboxylic acids is 1. The van der Waals surface area contributed by atoms with Gasteiger partial charge in [-0.05, 0) is 61.2 Å². The van der Waals surface area contributed by atoms with Gasteiger partial charge in [-0.3, -0.25) is 9.10 Å². The first-order valence-corrected chi connectivity index (χ1v) is 13.2. The molecule has 4 rings (SSSR count). The van der Waals surface area contributed by atoms with Crippen LogP contribution < -0.4 is 19.3 Å². The standard InChI is InChI=1S/C27H31N3O4S/c1-34-26-13-7-6-12-25(26)30(35(32,33)24-10-4-2-5-11-24)21-27(31)28-20-22-14-16-23(17-15-22)29-18-8-3-9-19-29/h2,4-7,10-17H,3,8-9,18-21H2,1H3,(H,28,31). The first-order chi connectivity index (χ1) is 17.0. The van der Waals surface area contributed by atoms with Gasteiger partial charge in [0.25, 0.3) is 10.0 Å². The van der Waals surface area contributed by atoms with Gasteiger partial charge in [0, 0.05) is 25.3 Å². The van der Waals surface area contributed by atoms with Crippen molar-refractivity contribution in [3.8, 4) is 5.75 Å². The highest BCUT2D eigenvalue weighted by atomic mass is 32.2. The maximum atomic E-state index is 13.5. The lowest BCUT2D eigenvalue weighted by atomic mass is 10.1. The number of carbonyl (C=O) groups is 1. The molecule has 0 spiro atoms. The molecule has 1 saturated heterocycles. The summed E-state index contributed by atoms with van der Waals surface area (Å²) in [7, 11) is -2.52. The van der Waals surface area contributed by atoms with Crippen LogP contribution in [0.2, 0.25) is 0 Å². The third kappa shape index (κ3) is 5.95. The van der Waals surface area contributed by atoms with Gasteiger partial charge >= 0.3 is 0 Å². The summed E-state index contributed by atoms with van der Waals surface area (Å²) in [5.74, 6) is -0.0383. The molecule has 0 aromatic heterocycles. The van der Waals surface area contributed by atoms with E-state index in [1.807, 2.05) is 12.1 Å². The number of nitrogens with zero attached hydrogens (tertiary/aromatic N) is 2. The first kappa shape index (κ1) is 24.6. The predicted molar refractivity (Wildman–Crippen MR) is 138 cm³/mol. The minimum Gasteiger partial charge on any atom is -0.495 e. The third-order valence-corrected chi connectivity index (χ3v) is 7.89. The number of hydrogen-bond donors (Lipinski definition) is 1. The molecule has 7 nitrogen and oxygen atoms in total. The monoisotopic (exact) mass is 493 g/mol. The number of piperidine rings is 1. The van der Waals surface area contributed by atoms with Crippen molar-refractivity contribution in [2.24, 2.45) is 0 Å². The number of sulfonamides is 1. The number of anilines is 2. The lowest BCUT2D eigenvalue weighted by Crippen LogP contribution is -2.40. The molecule has 0 saturated carbocycles. The Bertz CT molecular complexity index is 1220. The van der Waals surface area contributed by atoms with Gasteiger partial charge in [-0.25, -0.2) is 8.42 Å². The lowest BCUT2D eigenvalue weighted by Gasteiger charge is -2.29. The SMILES string of the molecule is COc1ccccc1N(CC(=O)NCc1ccc(N2CCCCC2)cc1)S(=O)(=O)c1ccccc1. The van der Waals surface area contributed by atoms with E-state index in [1.165, 1.54) is 44.2 Å². The second-order valence-corrected chi connectivity index (χ2v) is 10.3. The summed E-state index contributed by atoms with van der Waals surface area (Å²) in [4.78, 5) is 15.4. The highest BCUT2D eigenvalue weighted by Crippen LogP contribution is 2.32. The van der Waals surface area contributed by atoms with Crippen molar-refractivity contribution >= 4 is 27.3 Å². The normalized spacial score (nSPS) is 13.8. The average Bonchev–Trinajstić information content (AvgIpc) is 2.91. The van der Waals surface area contributed by atoms with E-state index in [9.17, 15) is 13.2 Å². The number of hydrogen-bond acceptors (Lipinski definition) is 5. The van der Waals surface area contributed by atoms with E-state index < -0.39 is 15.9 Å². The van der Waals surface area contributed by atoms with E-state index in [0.717, 1.165) is 23.0 Å². The van der Waals surface area contributed by atoms with Crippen molar-refractivity contribution in [2.75, 3.05) is 35.9 Å². The van der Waals surface area contributed by atoms with Crippen LogP contribution >= 0.6 is 0 Å². The molecule has 1 aliphatic rings. The zero-order valence-electron chi connectivity index (χ0n) is 19.9. The summed E-state index contributed by atoms with van der Waals surface area (Å²) in [5, 5.41) is 2.86. The second-order valence-electron chi connectivity index (χ2n) is 8.49. The summed E-state index contributed by atoms with van der Waals surface area (Å²) >= 11 is 0. The molecule has 1 heterocycles. The molecule has 3 aromatic carbocycles. The quantitative estimate of drug-likeness (QED) is 0.483. The summed E-state index contributed by atoms with van der Waals surface area (Å²) < 4.78 is 33.4. The van der Waals surface area contributed by atoms with Crippen LogP contribution in [0.4, 0.5) is 11.4 Å². The molecule has 0 bridgehead atoms. The molecule has 1 amide bonds. The molecule has 184 valence electrons. The molecule has 0 unspecified atom stereocenters. The second kappa shape index (κ2) is 11.3. The van der Waals surface area contributed by atoms with E-state index in [-0.39, 0.29) is 11.4 Å². The Balaban J connectivity index is 1.48. The number of para-hydroxylation sites is 2. The number of amides is 1. The summed E-state index contributed by atoms with van der Waals surface area (Å²) in [6.45, 7) is 2.09. The summed E-state index contributed by atoms with van der Waals surface area (Å²) in [6.07, 6.45) is 3.71. The number of ether oxygens (including phenoxy) is 1. The molecule has 1 aliphatic heterocycles. The van der Waals surface area contributed by atoms with Crippen LogP contribution in [0.1, 0.15) is 24.8 Å². The third-order valence-electron chi connectivity index (χ3n) is 6.12. The van der Waals surface area contributed by atoms with E-state index in [4.69, 9.17) is 4.74 Å². The molecule has 1 N–H and O–H groups in total. The number of methoxy groups -OCH3 is 1. The smallest absolute Gasteiger partial charge is 0.264 e. The molecular weight excluding hydrogens is 462 g/mol.